The van der Waals surface area contributed by atoms with Gasteiger partial charge in [-0.05, 0) is 104 Å². The third kappa shape index (κ3) is 6.22. The fourth-order valence-corrected chi connectivity index (χ4v) is 5.26. The van der Waals surface area contributed by atoms with Gasteiger partial charge in [0.15, 0.2) is 0 Å². The van der Waals surface area contributed by atoms with Crippen molar-refractivity contribution in [1.82, 2.24) is 0 Å². The van der Waals surface area contributed by atoms with Crippen molar-refractivity contribution in [1.29, 1.82) is 0 Å². The maximum atomic E-state index is 13.4. The molecule has 0 atom stereocenters. The third-order valence-electron chi connectivity index (χ3n) is 6.65. The molecule has 1 aromatic heterocycles. The average Bonchev–Trinajstić information content (AvgIpc) is 2.74. The zero-order chi connectivity index (χ0) is 28.3. The molecule has 0 bridgehead atoms. The number of carbonyl (C=O) groups is 1. The van der Waals surface area contributed by atoms with Gasteiger partial charge in [-0.25, -0.2) is 4.42 Å². The van der Waals surface area contributed by atoms with Gasteiger partial charge >= 0.3 is 11.5 Å². The van der Waals surface area contributed by atoms with Crippen LogP contribution in [0.4, 0.5) is 0 Å². The fraction of sp³-hybridized carbons (Fsp3) is 0.515. The first-order valence-corrected chi connectivity index (χ1v) is 13.9. The molecular formula is C33H45O3S+. The summed E-state index contributed by atoms with van der Waals surface area (Å²) in [6, 6.07) is 4.01. The van der Waals surface area contributed by atoms with E-state index in [9.17, 15) is 9.90 Å². The quantitative estimate of drug-likeness (QED) is 0.311. The van der Waals surface area contributed by atoms with E-state index in [0.717, 1.165) is 28.2 Å². The zero-order valence-corrected chi connectivity index (χ0v) is 25.9. The van der Waals surface area contributed by atoms with E-state index < -0.39 is 0 Å². The molecule has 1 N–H and O–H groups in total. The summed E-state index contributed by atoms with van der Waals surface area (Å²) >= 11 is 1.81. The number of Topliss-reactive ketones (excluding diaryl/α,β-unsaturated/α-hetero) is 1. The number of thioether (sulfide) groups is 1. The number of aliphatic hydroxyl groups excluding tert-OH is 1. The molecule has 1 aromatic rings. The van der Waals surface area contributed by atoms with Gasteiger partial charge in [0, 0.05) is 12.1 Å². The molecule has 1 aliphatic carbocycles. The molecule has 37 heavy (non-hydrogen) atoms. The van der Waals surface area contributed by atoms with Gasteiger partial charge in [0.2, 0.25) is 5.78 Å². The molecule has 2 heterocycles. The van der Waals surface area contributed by atoms with Crippen LogP contribution in [0.5, 0.6) is 0 Å². The Morgan fingerprint density at radius 3 is 1.57 bits per heavy atom. The second kappa shape index (κ2) is 9.45. The highest BCUT2D eigenvalue weighted by Crippen LogP contribution is 2.49. The minimum absolute atomic E-state index is 0.00982. The lowest BCUT2D eigenvalue weighted by atomic mass is 9.80. The smallest absolute Gasteiger partial charge is 0.335 e. The molecule has 0 aromatic carbocycles. The van der Waals surface area contributed by atoms with Crippen molar-refractivity contribution in [3.05, 3.63) is 79.7 Å². The van der Waals surface area contributed by atoms with Crippen molar-refractivity contribution in [2.24, 2.45) is 10.8 Å². The van der Waals surface area contributed by atoms with Crippen LogP contribution in [0, 0.1) is 10.8 Å². The normalized spacial score (nSPS) is 18.9. The first kappa shape index (κ1) is 29.2. The fourth-order valence-electron chi connectivity index (χ4n) is 4.02. The molecule has 0 saturated heterocycles. The lowest BCUT2D eigenvalue weighted by molar-refractivity contribution is -0.113. The third-order valence-corrected chi connectivity index (χ3v) is 8.55. The molecule has 0 spiro atoms. The predicted molar refractivity (Wildman–Crippen MR) is 159 cm³/mol. The number of hydrogen-bond acceptors (Lipinski definition) is 3. The van der Waals surface area contributed by atoms with E-state index in [4.69, 9.17) is 4.42 Å². The highest BCUT2D eigenvalue weighted by Gasteiger charge is 2.38. The van der Waals surface area contributed by atoms with Crippen LogP contribution in [0.25, 0.3) is 5.57 Å². The van der Waals surface area contributed by atoms with Gasteiger partial charge in [0.25, 0.3) is 0 Å². The average molecular weight is 522 g/mol. The zero-order valence-electron chi connectivity index (χ0n) is 25.1. The second-order valence-electron chi connectivity index (χ2n) is 14.4. The lowest BCUT2D eigenvalue weighted by Gasteiger charge is -2.32. The Morgan fingerprint density at radius 1 is 0.784 bits per heavy atom. The SMILES string of the molecule is CC(=C1C(=O)C(C=C2C=C(C(C)(C)C)SC(C(C)(C)C)=C2)=C1O)c1cc(C(C)(C)C)[o+]c(C(C)(C)C)c1. The summed E-state index contributed by atoms with van der Waals surface area (Å²) in [5.74, 6) is 1.66. The second-order valence-corrected chi connectivity index (χ2v) is 15.5. The van der Waals surface area contributed by atoms with Crippen LogP contribution >= 0.6 is 11.8 Å². The van der Waals surface area contributed by atoms with E-state index in [-0.39, 0.29) is 33.2 Å². The van der Waals surface area contributed by atoms with Crippen LogP contribution in [0.15, 0.2) is 67.1 Å². The predicted octanol–water partition coefficient (Wildman–Crippen LogP) is 9.86. The topological polar surface area (TPSA) is 48.6 Å². The highest BCUT2D eigenvalue weighted by molar-refractivity contribution is 8.06. The van der Waals surface area contributed by atoms with E-state index in [1.807, 2.05) is 36.9 Å². The minimum atomic E-state index is -0.189. The van der Waals surface area contributed by atoms with Crippen LogP contribution in [0.2, 0.25) is 0 Å². The van der Waals surface area contributed by atoms with E-state index in [1.54, 1.807) is 0 Å². The maximum Gasteiger partial charge on any atom is 0.335 e. The molecule has 0 saturated carbocycles. The van der Waals surface area contributed by atoms with Crippen molar-refractivity contribution in [2.45, 2.75) is 101 Å². The number of hydrogen-bond donors (Lipinski definition) is 1. The molecule has 0 fully saturated rings. The summed E-state index contributed by atoms with van der Waals surface area (Å²) in [6.45, 7) is 27.8. The number of ketones is 1. The van der Waals surface area contributed by atoms with Gasteiger partial charge in [-0.1, -0.05) is 53.3 Å². The Hall–Kier alpha value is -2.33. The van der Waals surface area contributed by atoms with Crippen LogP contribution < -0.4 is 0 Å². The molecule has 0 unspecified atom stereocenters. The lowest BCUT2D eigenvalue weighted by Crippen LogP contribution is -2.23. The Kier molecular flexibility index (Phi) is 7.46. The summed E-state index contributed by atoms with van der Waals surface area (Å²) < 4.78 is 6.27. The van der Waals surface area contributed by atoms with E-state index in [2.05, 4.69) is 95.2 Å². The molecular weight excluding hydrogens is 476 g/mol. The number of aliphatic hydroxyl groups is 1. The van der Waals surface area contributed by atoms with Crippen LogP contribution in [-0.2, 0) is 15.6 Å². The van der Waals surface area contributed by atoms with Crippen molar-refractivity contribution in [2.75, 3.05) is 0 Å². The molecule has 3 rings (SSSR count). The molecule has 2 aliphatic rings. The Balaban J connectivity index is 2.14. The van der Waals surface area contributed by atoms with Crippen molar-refractivity contribution in [3.8, 4) is 0 Å². The molecule has 0 amide bonds. The van der Waals surface area contributed by atoms with Gasteiger partial charge in [-0.3, -0.25) is 4.79 Å². The summed E-state index contributed by atoms with van der Waals surface area (Å²) in [5.41, 5.74) is 2.99. The number of carbonyl (C=O) groups excluding carboxylic acids is 1. The van der Waals surface area contributed by atoms with Crippen molar-refractivity contribution >= 4 is 23.1 Å². The molecule has 200 valence electrons. The number of rotatable bonds is 2. The molecule has 1 aliphatic heterocycles. The van der Waals surface area contributed by atoms with Crippen LogP contribution in [-0.4, -0.2) is 10.9 Å². The summed E-state index contributed by atoms with van der Waals surface area (Å²) in [6.07, 6.45) is 6.13. The van der Waals surface area contributed by atoms with Gasteiger partial charge < -0.3 is 5.11 Å². The molecule has 0 radical (unpaired) electrons. The van der Waals surface area contributed by atoms with E-state index in [0.29, 0.717) is 11.1 Å². The van der Waals surface area contributed by atoms with E-state index >= 15 is 0 Å². The Bertz CT molecular complexity index is 1220. The summed E-state index contributed by atoms with van der Waals surface area (Å²) in [4.78, 5) is 15.9. The first-order chi connectivity index (χ1) is 16.6. The monoisotopic (exact) mass is 521 g/mol. The van der Waals surface area contributed by atoms with Gasteiger partial charge in [0.1, 0.15) is 5.76 Å². The number of allylic oxidation sites excluding steroid dienone is 9. The molecule has 4 heteroatoms. The Labute approximate surface area is 228 Å². The maximum absolute atomic E-state index is 13.4. The van der Waals surface area contributed by atoms with Crippen LogP contribution in [0.1, 0.15) is 107 Å². The van der Waals surface area contributed by atoms with Gasteiger partial charge in [-0.15, -0.1) is 0 Å². The summed E-state index contributed by atoms with van der Waals surface area (Å²) in [7, 11) is 0. The van der Waals surface area contributed by atoms with Crippen molar-refractivity contribution in [3.63, 3.8) is 0 Å². The van der Waals surface area contributed by atoms with Crippen molar-refractivity contribution < 1.29 is 14.3 Å². The highest BCUT2D eigenvalue weighted by atomic mass is 32.2. The minimum Gasteiger partial charge on any atom is -0.506 e. The molecule has 3 nitrogen and oxygen atoms in total. The largest absolute Gasteiger partial charge is 0.506 e. The van der Waals surface area contributed by atoms with Crippen LogP contribution in [0.3, 0.4) is 0 Å². The van der Waals surface area contributed by atoms with Gasteiger partial charge in [-0.2, -0.15) is 0 Å². The standard InChI is InChI=1S/C33H44O3S/c1-19(21-17-23(30(2,3)4)36-24(18-21)31(5,6)7)27-28(34)22(29(27)35)14-20-15-25(32(8,9)10)37-26(16-20)33(11,12)13/h14-18H,1-13H3/p+1. The van der Waals surface area contributed by atoms with E-state index in [1.165, 1.54) is 9.81 Å². The Morgan fingerprint density at radius 2 is 1.22 bits per heavy atom. The van der Waals surface area contributed by atoms with Gasteiger partial charge in [0.05, 0.1) is 22.0 Å². The summed E-state index contributed by atoms with van der Waals surface area (Å²) in [5, 5.41) is 11.1. The first-order valence-electron chi connectivity index (χ1n) is 13.1.